The van der Waals surface area contributed by atoms with Gasteiger partial charge in [0.2, 0.25) is 0 Å². The lowest BCUT2D eigenvalue weighted by molar-refractivity contribution is -0.123. The molecule has 0 aliphatic carbocycles. The van der Waals surface area contributed by atoms with E-state index in [9.17, 15) is 4.79 Å². The van der Waals surface area contributed by atoms with E-state index in [0.29, 0.717) is 12.3 Å². The molecule has 0 unspecified atom stereocenters. The summed E-state index contributed by atoms with van der Waals surface area (Å²) in [6, 6.07) is 38.7. The van der Waals surface area contributed by atoms with E-state index in [0.717, 1.165) is 17.5 Å². The third kappa shape index (κ3) is 5.64. The Bertz CT molecular complexity index is 1070. The summed E-state index contributed by atoms with van der Waals surface area (Å²) in [6.07, 6.45) is 0.820. The first kappa shape index (κ1) is 21.4. The van der Waals surface area contributed by atoms with Crippen LogP contribution >= 0.6 is 0 Å². The van der Waals surface area contributed by atoms with Gasteiger partial charge in [-0.2, -0.15) is 0 Å². The van der Waals surface area contributed by atoms with Gasteiger partial charge in [0.1, 0.15) is 5.75 Å². The van der Waals surface area contributed by atoms with Gasteiger partial charge in [-0.3, -0.25) is 4.79 Å². The first-order valence-electron chi connectivity index (χ1n) is 10.9. The van der Waals surface area contributed by atoms with Crippen molar-refractivity contribution >= 4 is 5.91 Å². The number of rotatable bonds is 9. The van der Waals surface area contributed by atoms with Crippen molar-refractivity contribution in [3.8, 4) is 16.9 Å². The normalized spacial score (nSPS) is 10.7. The lowest BCUT2D eigenvalue weighted by Crippen LogP contribution is -2.30. The minimum atomic E-state index is -0.118. The van der Waals surface area contributed by atoms with E-state index < -0.39 is 0 Å². The number of ether oxygens (including phenoxy) is 1. The predicted molar refractivity (Wildman–Crippen MR) is 130 cm³/mol. The van der Waals surface area contributed by atoms with E-state index in [-0.39, 0.29) is 18.4 Å². The Hall–Kier alpha value is -3.85. The van der Waals surface area contributed by atoms with Gasteiger partial charge >= 0.3 is 0 Å². The topological polar surface area (TPSA) is 38.3 Å². The molecule has 0 spiro atoms. The minimum absolute atomic E-state index is 0.00874. The molecule has 0 bridgehead atoms. The van der Waals surface area contributed by atoms with Crippen LogP contribution in [-0.2, 0) is 4.79 Å². The van der Waals surface area contributed by atoms with Crippen LogP contribution in [0.2, 0.25) is 0 Å². The quantitative estimate of drug-likeness (QED) is 0.356. The molecule has 0 fully saturated rings. The van der Waals surface area contributed by atoms with Crippen LogP contribution in [0.3, 0.4) is 0 Å². The van der Waals surface area contributed by atoms with Crippen molar-refractivity contribution in [2.24, 2.45) is 0 Å². The van der Waals surface area contributed by atoms with Crippen LogP contribution in [0, 0.1) is 0 Å². The Morgan fingerprint density at radius 3 is 1.84 bits per heavy atom. The van der Waals surface area contributed by atoms with Crippen molar-refractivity contribution in [2.45, 2.75) is 12.3 Å². The van der Waals surface area contributed by atoms with Crippen LogP contribution in [-0.4, -0.2) is 19.1 Å². The van der Waals surface area contributed by atoms with Gasteiger partial charge in [0.25, 0.3) is 5.91 Å². The van der Waals surface area contributed by atoms with Crippen LogP contribution in [0.15, 0.2) is 115 Å². The van der Waals surface area contributed by atoms with Crippen molar-refractivity contribution in [1.82, 2.24) is 5.32 Å². The van der Waals surface area contributed by atoms with Gasteiger partial charge in [0.05, 0.1) is 0 Å². The highest BCUT2D eigenvalue weighted by atomic mass is 16.5. The highest BCUT2D eigenvalue weighted by Crippen LogP contribution is 2.29. The molecule has 3 nitrogen and oxygen atoms in total. The second-order valence-electron chi connectivity index (χ2n) is 7.66. The van der Waals surface area contributed by atoms with Gasteiger partial charge in [-0.25, -0.2) is 0 Å². The zero-order valence-corrected chi connectivity index (χ0v) is 18.0. The second kappa shape index (κ2) is 11.0. The fourth-order valence-electron chi connectivity index (χ4n) is 3.90. The molecule has 1 N–H and O–H groups in total. The Kier molecular flexibility index (Phi) is 7.33. The molecule has 0 aliphatic rings. The van der Waals surface area contributed by atoms with Crippen molar-refractivity contribution in [3.63, 3.8) is 0 Å². The minimum Gasteiger partial charge on any atom is -0.483 e. The number of hydrogen-bond donors (Lipinski definition) is 1. The largest absolute Gasteiger partial charge is 0.483 e. The fraction of sp³-hybridized carbons (Fsp3) is 0.138. The van der Waals surface area contributed by atoms with Crippen LogP contribution in [0.1, 0.15) is 23.5 Å². The van der Waals surface area contributed by atoms with E-state index >= 15 is 0 Å². The molecule has 0 atom stereocenters. The summed E-state index contributed by atoms with van der Waals surface area (Å²) in [5, 5.41) is 3.02. The number of amides is 1. The van der Waals surface area contributed by atoms with Crippen molar-refractivity contribution < 1.29 is 9.53 Å². The molecule has 0 aromatic heterocycles. The Balaban J connectivity index is 1.34. The standard InChI is InChI=1S/C29H27NO2/c31-29(22-32-28-19-11-10-18-27(28)25-16-8-3-9-17-25)30-21-20-26(23-12-4-1-5-13-23)24-14-6-2-7-15-24/h1-19,26H,20-22H2,(H,30,31). The molecule has 4 rings (SSSR count). The maximum atomic E-state index is 12.5. The molecule has 0 saturated heterocycles. The monoisotopic (exact) mass is 421 g/mol. The summed E-state index contributed by atoms with van der Waals surface area (Å²) in [6.45, 7) is 0.572. The van der Waals surface area contributed by atoms with E-state index in [1.165, 1.54) is 11.1 Å². The molecule has 0 radical (unpaired) electrons. The number of carbonyl (C=O) groups is 1. The highest BCUT2D eigenvalue weighted by Gasteiger charge is 2.14. The first-order chi connectivity index (χ1) is 15.8. The zero-order chi connectivity index (χ0) is 22.0. The second-order valence-corrected chi connectivity index (χ2v) is 7.66. The van der Waals surface area contributed by atoms with Crippen LogP contribution in [0.5, 0.6) is 5.75 Å². The zero-order valence-electron chi connectivity index (χ0n) is 18.0. The maximum Gasteiger partial charge on any atom is 0.257 e. The van der Waals surface area contributed by atoms with E-state index in [1.807, 2.05) is 66.7 Å². The molecule has 0 saturated carbocycles. The Morgan fingerprint density at radius 2 is 1.22 bits per heavy atom. The van der Waals surface area contributed by atoms with Gasteiger partial charge in [-0.05, 0) is 29.2 Å². The summed E-state index contributed by atoms with van der Waals surface area (Å²) < 4.78 is 5.87. The summed E-state index contributed by atoms with van der Waals surface area (Å²) in [5.41, 5.74) is 4.55. The SMILES string of the molecule is O=C(COc1ccccc1-c1ccccc1)NCCC(c1ccccc1)c1ccccc1. The molecule has 0 heterocycles. The van der Waals surface area contributed by atoms with Crippen LogP contribution in [0.25, 0.3) is 11.1 Å². The number of carbonyl (C=O) groups excluding carboxylic acids is 1. The highest BCUT2D eigenvalue weighted by molar-refractivity contribution is 5.78. The van der Waals surface area contributed by atoms with Gasteiger partial charge in [-0.15, -0.1) is 0 Å². The molecule has 0 aliphatic heterocycles. The Labute approximate surface area is 189 Å². The molecular weight excluding hydrogens is 394 g/mol. The lowest BCUT2D eigenvalue weighted by Gasteiger charge is -2.18. The summed E-state index contributed by atoms with van der Waals surface area (Å²) >= 11 is 0. The van der Waals surface area contributed by atoms with Gasteiger partial charge in [-0.1, -0.05) is 109 Å². The lowest BCUT2D eigenvalue weighted by atomic mass is 9.88. The van der Waals surface area contributed by atoms with Crippen LogP contribution in [0.4, 0.5) is 0 Å². The third-order valence-corrected chi connectivity index (χ3v) is 5.49. The van der Waals surface area contributed by atoms with Crippen LogP contribution < -0.4 is 10.1 Å². The van der Waals surface area contributed by atoms with Gasteiger partial charge in [0, 0.05) is 18.0 Å². The molecule has 160 valence electrons. The molecule has 1 amide bonds. The average molecular weight is 422 g/mol. The summed E-state index contributed by atoms with van der Waals surface area (Å²) in [5.74, 6) is 0.825. The van der Waals surface area contributed by atoms with Crippen molar-refractivity contribution in [3.05, 3.63) is 126 Å². The molecule has 3 heteroatoms. The molecule has 4 aromatic carbocycles. The van der Waals surface area contributed by atoms with E-state index in [4.69, 9.17) is 4.74 Å². The molecular formula is C29H27NO2. The van der Waals surface area contributed by atoms with Crippen molar-refractivity contribution in [2.75, 3.05) is 13.2 Å². The van der Waals surface area contributed by atoms with E-state index in [2.05, 4.69) is 53.8 Å². The molecule has 32 heavy (non-hydrogen) atoms. The summed E-state index contributed by atoms with van der Waals surface area (Å²) in [7, 11) is 0. The fourth-order valence-corrected chi connectivity index (χ4v) is 3.90. The van der Waals surface area contributed by atoms with Gasteiger partial charge in [0.15, 0.2) is 6.61 Å². The predicted octanol–water partition coefficient (Wildman–Crippen LogP) is 6.07. The molecule has 4 aromatic rings. The first-order valence-corrected chi connectivity index (χ1v) is 10.9. The number of hydrogen-bond acceptors (Lipinski definition) is 2. The number of benzene rings is 4. The van der Waals surface area contributed by atoms with Crippen molar-refractivity contribution in [1.29, 1.82) is 0 Å². The smallest absolute Gasteiger partial charge is 0.257 e. The maximum absolute atomic E-state index is 12.5. The number of para-hydroxylation sites is 1. The summed E-state index contributed by atoms with van der Waals surface area (Å²) in [4.78, 5) is 12.5. The third-order valence-electron chi connectivity index (χ3n) is 5.49. The number of nitrogens with one attached hydrogen (secondary N) is 1. The average Bonchev–Trinajstić information content (AvgIpc) is 2.87. The van der Waals surface area contributed by atoms with E-state index in [1.54, 1.807) is 0 Å². The van der Waals surface area contributed by atoms with Gasteiger partial charge < -0.3 is 10.1 Å². The Morgan fingerprint density at radius 1 is 0.688 bits per heavy atom.